The molecule has 0 aliphatic carbocycles. The Hall–Kier alpha value is -4.64. The van der Waals surface area contributed by atoms with Gasteiger partial charge in [-0.2, -0.15) is 0 Å². The largest absolute Gasteiger partial charge is 0.370 e. The van der Waals surface area contributed by atoms with Crippen LogP contribution >= 0.6 is 0 Å². The van der Waals surface area contributed by atoms with E-state index in [-0.39, 0.29) is 0 Å². The Labute approximate surface area is 232 Å². The summed E-state index contributed by atoms with van der Waals surface area (Å²) in [4.78, 5) is 9.91. The first-order valence-corrected chi connectivity index (χ1v) is 13.6. The Morgan fingerprint density at radius 1 is 0.375 bits per heavy atom. The van der Waals surface area contributed by atoms with Crippen LogP contribution in [0.3, 0.4) is 0 Å². The van der Waals surface area contributed by atoms with Crippen molar-refractivity contribution in [3.63, 3.8) is 0 Å². The van der Waals surface area contributed by atoms with E-state index < -0.39 is 0 Å². The van der Waals surface area contributed by atoms with Gasteiger partial charge in [0.15, 0.2) is 0 Å². The van der Waals surface area contributed by atoms with Gasteiger partial charge in [-0.05, 0) is 56.9 Å². The van der Waals surface area contributed by atoms with Crippen molar-refractivity contribution in [1.82, 2.24) is 9.97 Å². The predicted octanol–water partition coefficient (Wildman–Crippen LogP) is 8.52. The van der Waals surface area contributed by atoms with Crippen molar-refractivity contribution in [2.24, 2.45) is 0 Å². The van der Waals surface area contributed by atoms with Crippen molar-refractivity contribution in [2.75, 3.05) is 0 Å². The van der Waals surface area contributed by atoms with Gasteiger partial charge in [0.05, 0.1) is 48.8 Å². The number of rotatable bonds is 8. The van der Waals surface area contributed by atoms with Crippen LogP contribution in [-0.2, 0) is 35.9 Å². The van der Waals surface area contributed by atoms with Crippen LogP contribution in [0.4, 0.5) is 0 Å². The van der Waals surface area contributed by atoms with E-state index in [0.29, 0.717) is 26.4 Å². The molecule has 4 heteroatoms. The maximum absolute atomic E-state index is 6.06. The molecule has 2 heterocycles. The fraction of sp³-hybridized carbons (Fsp3) is 0.111. The molecule has 194 valence electrons. The summed E-state index contributed by atoms with van der Waals surface area (Å²) in [6.45, 7) is 1.95. The van der Waals surface area contributed by atoms with Gasteiger partial charge >= 0.3 is 0 Å². The summed E-state index contributed by atoms with van der Waals surface area (Å²) in [7, 11) is 0. The zero-order valence-corrected chi connectivity index (χ0v) is 22.1. The zero-order valence-electron chi connectivity index (χ0n) is 22.1. The SMILES string of the molecule is c1ccc2cc(COCc3ccc4ccc5ccc(COCc6ccc7ccccc7c6)nc5c4n3)ccc2c1. The van der Waals surface area contributed by atoms with E-state index >= 15 is 0 Å². The minimum atomic E-state index is 0.438. The summed E-state index contributed by atoms with van der Waals surface area (Å²) in [6, 6.07) is 42.1. The monoisotopic (exact) mass is 520 g/mol. The number of hydrogen-bond acceptors (Lipinski definition) is 4. The molecule has 0 aliphatic heterocycles. The molecule has 4 nitrogen and oxygen atoms in total. The molecule has 0 unspecified atom stereocenters. The van der Waals surface area contributed by atoms with Gasteiger partial charge in [0.25, 0.3) is 0 Å². The van der Waals surface area contributed by atoms with Crippen LogP contribution in [0.25, 0.3) is 43.4 Å². The molecule has 7 rings (SSSR count). The fourth-order valence-corrected chi connectivity index (χ4v) is 5.21. The van der Waals surface area contributed by atoms with Gasteiger partial charge in [-0.15, -0.1) is 0 Å². The summed E-state index contributed by atoms with van der Waals surface area (Å²) in [5.74, 6) is 0. The van der Waals surface area contributed by atoms with Gasteiger partial charge in [0.1, 0.15) is 0 Å². The average molecular weight is 521 g/mol. The third-order valence-electron chi connectivity index (χ3n) is 7.30. The predicted molar refractivity (Wildman–Crippen MR) is 162 cm³/mol. The molecule has 7 aromatic rings. The van der Waals surface area contributed by atoms with Gasteiger partial charge in [0.2, 0.25) is 0 Å². The van der Waals surface area contributed by atoms with Crippen LogP contribution < -0.4 is 0 Å². The highest BCUT2D eigenvalue weighted by Crippen LogP contribution is 2.24. The average Bonchev–Trinajstić information content (AvgIpc) is 3.01. The second-order valence-electron chi connectivity index (χ2n) is 10.2. The molecule has 2 aromatic heterocycles. The molecule has 0 saturated carbocycles. The lowest BCUT2D eigenvalue weighted by Gasteiger charge is -2.09. The van der Waals surface area contributed by atoms with E-state index in [1.54, 1.807) is 0 Å². The molecule has 0 N–H and O–H groups in total. The lowest BCUT2D eigenvalue weighted by atomic mass is 10.1. The lowest BCUT2D eigenvalue weighted by Crippen LogP contribution is -1.99. The van der Waals surface area contributed by atoms with Gasteiger partial charge < -0.3 is 9.47 Å². The molecule has 0 fully saturated rings. The van der Waals surface area contributed by atoms with E-state index in [1.807, 2.05) is 12.1 Å². The first-order valence-electron chi connectivity index (χ1n) is 13.6. The van der Waals surface area contributed by atoms with Crippen LogP contribution in [0, 0.1) is 0 Å². The molecular weight excluding hydrogens is 492 g/mol. The van der Waals surface area contributed by atoms with Crippen LogP contribution in [0.15, 0.2) is 121 Å². The molecule has 0 bridgehead atoms. The number of hydrogen-bond donors (Lipinski definition) is 0. The Bertz CT molecular complexity index is 1840. The third-order valence-corrected chi connectivity index (χ3v) is 7.30. The van der Waals surface area contributed by atoms with E-state index in [4.69, 9.17) is 19.4 Å². The highest BCUT2D eigenvalue weighted by atomic mass is 16.5. The Morgan fingerprint density at radius 3 is 1.25 bits per heavy atom. The quantitative estimate of drug-likeness (QED) is 0.188. The highest BCUT2D eigenvalue weighted by Gasteiger charge is 2.08. The highest BCUT2D eigenvalue weighted by molar-refractivity contribution is 6.02. The van der Waals surface area contributed by atoms with Crippen molar-refractivity contribution in [3.05, 3.63) is 144 Å². The Balaban J connectivity index is 1.06. The van der Waals surface area contributed by atoms with Crippen molar-refractivity contribution >= 4 is 43.4 Å². The van der Waals surface area contributed by atoms with E-state index in [2.05, 4.69) is 109 Å². The Kier molecular flexibility index (Phi) is 6.62. The van der Waals surface area contributed by atoms with Gasteiger partial charge in [-0.3, -0.25) is 0 Å². The van der Waals surface area contributed by atoms with E-state index in [0.717, 1.165) is 44.3 Å². The molecular formula is C36H28N2O2. The summed E-state index contributed by atoms with van der Waals surface area (Å²) in [5, 5.41) is 7.05. The van der Waals surface area contributed by atoms with Crippen molar-refractivity contribution < 1.29 is 9.47 Å². The molecule has 0 radical (unpaired) electrons. The van der Waals surface area contributed by atoms with Crippen molar-refractivity contribution in [1.29, 1.82) is 0 Å². The van der Waals surface area contributed by atoms with Gasteiger partial charge in [0, 0.05) is 10.8 Å². The van der Waals surface area contributed by atoms with Crippen LogP contribution in [0.5, 0.6) is 0 Å². The van der Waals surface area contributed by atoms with E-state index in [9.17, 15) is 0 Å². The standard InChI is InChI=1S/C36H28N2O2/c1-3-7-31-19-25(9-11-27(31)5-1)21-39-23-33-17-15-29-13-14-30-16-18-34(38-36(30)35(29)37-33)24-40-22-26-10-12-28-6-2-4-8-32(28)20-26/h1-20H,21-24H2. The number of benzene rings is 5. The minimum Gasteiger partial charge on any atom is -0.370 e. The smallest absolute Gasteiger partial charge is 0.0969 e. The van der Waals surface area contributed by atoms with E-state index in [1.165, 1.54) is 21.5 Å². The van der Waals surface area contributed by atoms with Gasteiger partial charge in [-0.1, -0.05) is 97.1 Å². The molecule has 40 heavy (non-hydrogen) atoms. The lowest BCUT2D eigenvalue weighted by molar-refractivity contribution is 0.105. The van der Waals surface area contributed by atoms with Crippen molar-refractivity contribution in [2.45, 2.75) is 26.4 Å². The topological polar surface area (TPSA) is 44.2 Å². The fourth-order valence-electron chi connectivity index (χ4n) is 5.21. The van der Waals surface area contributed by atoms with Crippen LogP contribution in [-0.4, -0.2) is 9.97 Å². The summed E-state index contributed by atoms with van der Waals surface area (Å²) >= 11 is 0. The molecule has 0 amide bonds. The molecule has 0 spiro atoms. The van der Waals surface area contributed by atoms with Crippen molar-refractivity contribution in [3.8, 4) is 0 Å². The molecule has 0 atom stereocenters. The third kappa shape index (κ3) is 5.15. The molecule has 0 saturated heterocycles. The normalized spacial score (nSPS) is 11.6. The maximum Gasteiger partial charge on any atom is 0.0969 e. The molecule has 0 aliphatic rings. The molecule has 5 aromatic carbocycles. The number of nitrogens with zero attached hydrogens (tertiary/aromatic N) is 2. The first-order chi connectivity index (χ1) is 19.8. The summed E-state index contributed by atoms with van der Waals surface area (Å²) < 4.78 is 12.1. The second-order valence-corrected chi connectivity index (χ2v) is 10.2. The number of aromatic nitrogens is 2. The van der Waals surface area contributed by atoms with Crippen LogP contribution in [0.2, 0.25) is 0 Å². The zero-order chi connectivity index (χ0) is 26.7. The number of pyridine rings is 2. The van der Waals surface area contributed by atoms with Crippen LogP contribution in [0.1, 0.15) is 22.5 Å². The Morgan fingerprint density at radius 2 is 0.775 bits per heavy atom. The van der Waals surface area contributed by atoms with Gasteiger partial charge in [-0.25, -0.2) is 9.97 Å². The first kappa shape index (κ1) is 24.4. The maximum atomic E-state index is 6.06. The number of ether oxygens (including phenoxy) is 2. The number of fused-ring (bicyclic) bond motifs is 5. The second kappa shape index (κ2) is 10.9. The minimum absolute atomic E-state index is 0.438. The summed E-state index contributed by atoms with van der Waals surface area (Å²) in [5.41, 5.74) is 5.86. The summed E-state index contributed by atoms with van der Waals surface area (Å²) in [6.07, 6.45) is 0.